The Balaban J connectivity index is 2.76. The maximum Gasteiger partial charge on any atom is 0.322 e. The highest BCUT2D eigenvalue weighted by Gasteiger charge is 2.36. The van der Waals surface area contributed by atoms with E-state index in [1.54, 1.807) is 32.9 Å². The number of nitrogens with two attached hydrogens (primary N) is 1. The van der Waals surface area contributed by atoms with E-state index in [0.29, 0.717) is 5.76 Å². The van der Waals surface area contributed by atoms with E-state index in [1.807, 2.05) is 0 Å². The Kier molecular flexibility index (Phi) is 4.72. The second-order valence-corrected chi connectivity index (χ2v) is 5.30. The summed E-state index contributed by atoms with van der Waals surface area (Å²) in [6.45, 7) is 5.01. The van der Waals surface area contributed by atoms with Crippen LogP contribution >= 0.6 is 0 Å². The maximum atomic E-state index is 11.9. The summed E-state index contributed by atoms with van der Waals surface area (Å²) in [6.07, 6.45) is 1.62. The second-order valence-electron chi connectivity index (χ2n) is 5.30. The van der Waals surface area contributed by atoms with Crippen molar-refractivity contribution >= 4 is 11.9 Å². The molecule has 1 rings (SSSR count). The number of aliphatic carboxylic acids is 1. The Labute approximate surface area is 111 Å². The van der Waals surface area contributed by atoms with Crippen molar-refractivity contribution in [1.29, 1.82) is 0 Å². The van der Waals surface area contributed by atoms with E-state index in [-0.39, 0.29) is 6.42 Å². The van der Waals surface area contributed by atoms with Crippen LogP contribution in [0.2, 0.25) is 0 Å². The first-order valence-electron chi connectivity index (χ1n) is 5.94. The number of carbonyl (C=O) groups is 2. The van der Waals surface area contributed by atoms with Gasteiger partial charge in [-0.15, -0.1) is 0 Å². The predicted octanol–water partition coefficient (Wildman–Crippen LogP) is 1.19. The maximum absolute atomic E-state index is 11.9. The molecule has 0 aromatic carbocycles. The Morgan fingerprint density at radius 2 is 2.11 bits per heavy atom. The van der Waals surface area contributed by atoms with Crippen molar-refractivity contribution in [3.63, 3.8) is 0 Å². The van der Waals surface area contributed by atoms with E-state index in [9.17, 15) is 9.59 Å². The van der Waals surface area contributed by atoms with Crippen molar-refractivity contribution in [3.8, 4) is 0 Å². The molecule has 0 saturated heterocycles. The summed E-state index contributed by atoms with van der Waals surface area (Å²) < 4.78 is 10.2. The molecule has 6 heteroatoms. The molecule has 3 N–H and O–H groups in total. The lowest BCUT2D eigenvalue weighted by Gasteiger charge is -2.24. The fourth-order valence-electron chi connectivity index (χ4n) is 1.60. The molecule has 1 aromatic rings. The van der Waals surface area contributed by atoms with E-state index >= 15 is 0 Å². The van der Waals surface area contributed by atoms with Crippen LogP contribution in [-0.4, -0.2) is 28.7 Å². The predicted molar refractivity (Wildman–Crippen MR) is 67.4 cm³/mol. The van der Waals surface area contributed by atoms with E-state index < -0.39 is 29.5 Å². The van der Waals surface area contributed by atoms with E-state index in [4.69, 9.17) is 20.0 Å². The first-order chi connectivity index (χ1) is 8.70. The highest BCUT2D eigenvalue weighted by Crippen LogP contribution is 2.16. The van der Waals surface area contributed by atoms with Gasteiger partial charge in [-0.05, 0) is 32.9 Å². The van der Waals surface area contributed by atoms with Crippen LogP contribution in [0.3, 0.4) is 0 Å². The summed E-state index contributed by atoms with van der Waals surface area (Å²) >= 11 is 0. The Morgan fingerprint density at radius 3 is 2.53 bits per heavy atom. The molecular weight excluding hydrogens is 250 g/mol. The van der Waals surface area contributed by atoms with Crippen LogP contribution in [0.4, 0.5) is 0 Å². The van der Waals surface area contributed by atoms with E-state index in [2.05, 4.69) is 0 Å². The molecule has 106 valence electrons. The lowest BCUT2D eigenvalue weighted by molar-refractivity contribution is -0.167. The van der Waals surface area contributed by atoms with Crippen molar-refractivity contribution in [2.24, 2.45) is 11.7 Å². The number of ether oxygens (including phenoxy) is 1. The minimum absolute atomic E-state index is 0.156. The molecule has 0 aliphatic heterocycles. The zero-order chi connectivity index (χ0) is 14.6. The number of carbonyl (C=O) groups excluding carboxylic acids is 1. The van der Waals surface area contributed by atoms with Crippen LogP contribution in [0.1, 0.15) is 26.5 Å². The van der Waals surface area contributed by atoms with Gasteiger partial charge in [0.25, 0.3) is 0 Å². The molecular formula is C13H19NO5. The largest absolute Gasteiger partial charge is 0.481 e. The van der Waals surface area contributed by atoms with Gasteiger partial charge in [0.2, 0.25) is 0 Å². The van der Waals surface area contributed by atoms with Gasteiger partial charge in [0.15, 0.2) is 5.92 Å². The lowest BCUT2D eigenvalue weighted by atomic mass is 9.96. The lowest BCUT2D eigenvalue weighted by Crippen LogP contribution is -2.45. The summed E-state index contributed by atoms with van der Waals surface area (Å²) in [4.78, 5) is 23.0. The molecule has 0 radical (unpaired) electrons. The smallest absolute Gasteiger partial charge is 0.322 e. The Bertz CT molecular complexity index is 432. The highest BCUT2D eigenvalue weighted by molar-refractivity contribution is 5.95. The summed E-state index contributed by atoms with van der Waals surface area (Å²) in [5.74, 6) is -3.01. The van der Waals surface area contributed by atoms with Gasteiger partial charge < -0.3 is 20.0 Å². The van der Waals surface area contributed by atoms with Crippen molar-refractivity contribution in [3.05, 3.63) is 24.2 Å². The second kappa shape index (κ2) is 5.88. The van der Waals surface area contributed by atoms with Crippen molar-refractivity contribution in [2.75, 3.05) is 0 Å². The first kappa shape index (κ1) is 15.2. The van der Waals surface area contributed by atoms with Crippen LogP contribution in [-0.2, 0) is 20.7 Å². The van der Waals surface area contributed by atoms with Crippen LogP contribution < -0.4 is 5.73 Å². The Morgan fingerprint density at radius 1 is 1.47 bits per heavy atom. The molecule has 0 fully saturated rings. The minimum Gasteiger partial charge on any atom is -0.481 e. The van der Waals surface area contributed by atoms with Crippen LogP contribution in [0.25, 0.3) is 0 Å². The van der Waals surface area contributed by atoms with Gasteiger partial charge in [-0.2, -0.15) is 0 Å². The molecule has 19 heavy (non-hydrogen) atoms. The number of hydrogen-bond acceptors (Lipinski definition) is 5. The number of esters is 1. The third-order valence-corrected chi connectivity index (χ3v) is 2.37. The van der Waals surface area contributed by atoms with Crippen LogP contribution in [0.5, 0.6) is 0 Å². The first-order valence-corrected chi connectivity index (χ1v) is 5.94. The fourth-order valence-corrected chi connectivity index (χ4v) is 1.60. The molecule has 6 nitrogen and oxygen atoms in total. The van der Waals surface area contributed by atoms with E-state index in [0.717, 1.165) is 0 Å². The number of carboxylic acids is 1. The summed E-state index contributed by atoms with van der Waals surface area (Å²) in [7, 11) is 0. The quantitative estimate of drug-likeness (QED) is 0.615. The molecule has 1 heterocycles. The molecule has 0 spiro atoms. The average Bonchev–Trinajstić information content (AvgIpc) is 2.66. The fraction of sp³-hybridized carbons (Fsp3) is 0.538. The van der Waals surface area contributed by atoms with Crippen LogP contribution in [0, 0.1) is 5.92 Å². The zero-order valence-corrected chi connectivity index (χ0v) is 11.3. The third-order valence-electron chi connectivity index (χ3n) is 2.37. The molecule has 0 aliphatic carbocycles. The van der Waals surface area contributed by atoms with Crippen molar-refractivity contribution < 1.29 is 23.8 Å². The van der Waals surface area contributed by atoms with Gasteiger partial charge in [-0.1, -0.05) is 0 Å². The molecule has 2 atom stereocenters. The number of furan rings is 1. The number of rotatable bonds is 5. The van der Waals surface area contributed by atoms with Gasteiger partial charge in [-0.25, -0.2) is 0 Å². The van der Waals surface area contributed by atoms with Gasteiger partial charge in [0.1, 0.15) is 11.4 Å². The summed E-state index contributed by atoms with van der Waals surface area (Å²) in [5.41, 5.74) is 5.03. The average molecular weight is 269 g/mol. The van der Waals surface area contributed by atoms with Gasteiger partial charge >= 0.3 is 11.9 Å². The molecule has 0 bridgehead atoms. The van der Waals surface area contributed by atoms with Gasteiger partial charge in [-0.3, -0.25) is 9.59 Å². The molecule has 0 amide bonds. The topological polar surface area (TPSA) is 103 Å². The summed E-state index contributed by atoms with van der Waals surface area (Å²) in [5, 5.41) is 9.13. The van der Waals surface area contributed by atoms with Crippen molar-refractivity contribution in [2.45, 2.75) is 38.8 Å². The zero-order valence-electron chi connectivity index (χ0n) is 11.3. The van der Waals surface area contributed by atoms with Crippen molar-refractivity contribution in [1.82, 2.24) is 0 Å². The van der Waals surface area contributed by atoms with Crippen LogP contribution in [0.15, 0.2) is 22.8 Å². The minimum atomic E-state index is -1.41. The van der Waals surface area contributed by atoms with Gasteiger partial charge in [0, 0.05) is 12.5 Å². The summed E-state index contributed by atoms with van der Waals surface area (Å²) in [6, 6.07) is 2.44. The number of hydrogen-bond donors (Lipinski definition) is 2. The standard InChI is InChI=1S/C13H19NO5/c1-13(2,3)19-12(17)10(11(15)16)9(14)7-8-5-4-6-18-8/h4-6,9-10H,7,14H2,1-3H3,(H,15,16). The number of carboxylic acid groups (broad SMARTS) is 1. The molecule has 1 aromatic heterocycles. The molecule has 0 aliphatic rings. The third kappa shape index (κ3) is 4.75. The SMILES string of the molecule is CC(C)(C)OC(=O)C(C(=O)O)C(N)Cc1ccco1. The Hall–Kier alpha value is -1.82. The van der Waals surface area contributed by atoms with E-state index in [1.165, 1.54) is 6.26 Å². The monoisotopic (exact) mass is 269 g/mol. The molecule has 0 saturated carbocycles. The highest BCUT2D eigenvalue weighted by atomic mass is 16.6. The molecule has 2 unspecified atom stereocenters. The normalized spacial score (nSPS) is 14.7. The van der Waals surface area contributed by atoms with Gasteiger partial charge in [0.05, 0.1) is 6.26 Å².